The number of halogens is 2. The molecule has 8 nitrogen and oxygen atoms in total. The summed E-state index contributed by atoms with van der Waals surface area (Å²) in [6, 6.07) is 0.203. The normalized spacial score (nSPS) is 20.5. The van der Waals surface area contributed by atoms with E-state index in [9.17, 15) is 9.90 Å². The van der Waals surface area contributed by atoms with Crippen LogP contribution in [-0.4, -0.2) is 53.3 Å². The molecule has 0 bridgehead atoms. The van der Waals surface area contributed by atoms with Crippen LogP contribution in [0.5, 0.6) is 0 Å². The van der Waals surface area contributed by atoms with Gasteiger partial charge in [-0.2, -0.15) is 0 Å². The fraction of sp³-hybridized carbons (Fsp3) is 0.556. The van der Waals surface area contributed by atoms with E-state index in [4.69, 9.17) is 32.4 Å². The SMILES string of the molecule is CO[C@H]1CN(c2ncc(C(C)(C)O)o2)CCC1NC(=O)c1[nH]c(C)c(Cl)c1Cl. The van der Waals surface area contributed by atoms with Crippen LogP contribution in [0.2, 0.25) is 10.0 Å². The molecule has 3 rings (SSSR count). The lowest BCUT2D eigenvalue weighted by Crippen LogP contribution is -2.55. The van der Waals surface area contributed by atoms with Gasteiger partial charge in [-0.3, -0.25) is 4.79 Å². The molecule has 0 saturated carbocycles. The number of nitrogens with one attached hydrogen (secondary N) is 2. The Morgan fingerprint density at radius 1 is 1.46 bits per heavy atom. The number of carbonyl (C=O) groups is 1. The van der Waals surface area contributed by atoms with Gasteiger partial charge in [-0.05, 0) is 27.2 Å². The highest BCUT2D eigenvalue weighted by molar-refractivity contribution is 6.44. The number of anilines is 1. The average molecular weight is 431 g/mol. The monoisotopic (exact) mass is 430 g/mol. The van der Waals surface area contributed by atoms with Crippen LogP contribution in [0.3, 0.4) is 0 Å². The standard InChI is InChI=1S/C18H24Cl2N4O4/c1-9-13(19)14(20)15(22-9)16(25)23-10-5-6-24(8-11(10)27-4)17-21-7-12(28-17)18(2,3)26/h7,10-11,22,26H,5-6,8H2,1-4H3,(H,23,25)/t10?,11-/m0/s1. The fourth-order valence-electron chi connectivity index (χ4n) is 3.16. The van der Waals surface area contributed by atoms with Gasteiger partial charge >= 0.3 is 0 Å². The molecule has 2 atom stereocenters. The summed E-state index contributed by atoms with van der Waals surface area (Å²) in [6.45, 7) is 6.10. The molecule has 0 aliphatic carbocycles. The number of H-pyrrole nitrogens is 1. The number of aromatic nitrogens is 2. The molecule has 1 aliphatic rings. The Labute approximate surface area is 173 Å². The lowest BCUT2D eigenvalue weighted by molar-refractivity contribution is 0.0487. The number of aromatic amines is 1. The minimum absolute atomic E-state index is 0.210. The first-order valence-corrected chi connectivity index (χ1v) is 9.68. The predicted molar refractivity (Wildman–Crippen MR) is 106 cm³/mol. The third-order valence-electron chi connectivity index (χ3n) is 4.83. The van der Waals surface area contributed by atoms with Gasteiger partial charge in [0.05, 0.1) is 34.9 Å². The van der Waals surface area contributed by atoms with Crippen LogP contribution in [-0.2, 0) is 10.3 Å². The van der Waals surface area contributed by atoms with Gasteiger partial charge in [0.1, 0.15) is 11.3 Å². The number of aliphatic hydroxyl groups is 1. The molecular formula is C18H24Cl2N4O4. The average Bonchev–Trinajstić information content (AvgIpc) is 3.23. The first-order chi connectivity index (χ1) is 13.1. The highest BCUT2D eigenvalue weighted by Crippen LogP contribution is 2.30. The predicted octanol–water partition coefficient (Wildman–Crippen LogP) is 2.87. The van der Waals surface area contributed by atoms with Gasteiger partial charge in [0.15, 0.2) is 5.76 Å². The second-order valence-electron chi connectivity index (χ2n) is 7.41. The van der Waals surface area contributed by atoms with Crippen molar-refractivity contribution in [3.8, 4) is 0 Å². The Morgan fingerprint density at radius 2 is 2.18 bits per heavy atom. The van der Waals surface area contributed by atoms with Crippen LogP contribution in [0, 0.1) is 6.92 Å². The second-order valence-corrected chi connectivity index (χ2v) is 8.16. The zero-order valence-electron chi connectivity index (χ0n) is 16.2. The fourth-order valence-corrected chi connectivity index (χ4v) is 3.57. The van der Waals surface area contributed by atoms with Crippen LogP contribution in [0.15, 0.2) is 10.6 Å². The van der Waals surface area contributed by atoms with E-state index in [1.54, 1.807) is 27.9 Å². The second kappa shape index (κ2) is 7.94. The van der Waals surface area contributed by atoms with Crippen molar-refractivity contribution < 1.29 is 19.1 Å². The number of oxazole rings is 1. The molecule has 1 amide bonds. The Bertz CT molecular complexity index is 858. The van der Waals surface area contributed by atoms with E-state index < -0.39 is 5.60 Å². The molecule has 3 heterocycles. The number of nitrogens with zero attached hydrogens (tertiary/aromatic N) is 2. The summed E-state index contributed by atoms with van der Waals surface area (Å²) >= 11 is 12.2. The summed E-state index contributed by atoms with van der Waals surface area (Å²) in [4.78, 5) is 21.7. The van der Waals surface area contributed by atoms with Crippen LogP contribution in [0.25, 0.3) is 0 Å². The molecule has 1 aliphatic heterocycles. The van der Waals surface area contributed by atoms with E-state index in [2.05, 4.69) is 15.3 Å². The molecule has 10 heteroatoms. The zero-order chi connectivity index (χ0) is 20.6. The molecule has 3 N–H and O–H groups in total. The third-order valence-corrected chi connectivity index (χ3v) is 5.77. The molecular weight excluding hydrogens is 407 g/mol. The van der Waals surface area contributed by atoms with Crippen molar-refractivity contribution in [3.05, 3.63) is 33.4 Å². The Hall–Kier alpha value is -1.74. The van der Waals surface area contributed by atoms with E-state index in [0.29, 0.717) is 42.0 Å². The van der Waals surface area contributed by atoms with E-state index in [0.717, 1.165) is 0 Å². The highest BCUT2D eigenvalue weighted by Gasteiger charge is 2.34. The van der Waals surface area contributed by atoms with Gasteiger partial charge in [-0.25, -0.2) is 4.98 Å². The van der Waals surface area contributed by atoms with Gasteiger partial charge in [0.25, 0.3) is 11.9 Å². The minimum atomic E-state index is -1.10. The molecule has 2 aromatic rings. The van der Waals surface area contributed by atoms with Gasteiger partial charge in [0, 0.05) is 19.3 Å². The molecule has 0 aromatic carbocycles. The van der Waals surface area contributed by atoms with E-state index >= 15 is 0 Å². The molecule has 1 fully saturated rings. The maximum Gasteiger partial charge on any atom is 0.297 e. The van der Waals surface area contributed by atoms with Gasteiger partial charge in [0.2, 0.25) is 0 Å². The Balaban J connectivity index is 1.68. The van der Waals surface area contributed by atoms with Gasteiger partial charge in [-0.1, -0.05) is 23.2 Å². The van der Waals surface area contributed by atoms with Crippen molar-refractivity contribution in [2.45, 2.75) is 44.9 Å². The number of aryl methyl sites for hydroxylation is 1. The molecule has 1 saturated heterocycles. The number of carbonyl (C=O) groups excluding carboxylic acids is 1. The van der Waals surface area contributed by atoms with Crippen molar-refractivity contribution in [3.63, 3.8) is 0 Å². The molecule has 0 radical (unpaired) electrons. The Kier molecular flexibility index (Phi) is 5.95. The number of rotatable bonds is 5. The number of ether oxygens (including phenoxy) is 1. The summed E-state index contributed by atoms with van der Waals surface area (Å²) < 4.78 is 11.3. The summed E-state index contributed by atoms with van der Waals surface area (Å²) in [7, 11) is 1.59. The number of piperidine rings is 1. The van der Waals surface area contributed by atoms with Crippen LogP contribution < -0.4 is 10.2 Å². The van der Waals surface area contributed by atoms with Crippen molar-refractivity contribution in [1.29, 1.82) is 0 Å². The zero-order valence-corrected chi connectivity index (χ0v) is 17.7. The van der Waals surface area contributed by atoms with Crippen molar-refractivity contribution in [2.75, 3.05) is 25.1 Å². The number of hydrogen-bond donors (Lipinski definition) is 3. The van der Waals surface area contributed by atoms with E-state index in [-0.39, 0.29) is 28.8 Å². The molecule has 154 valence electrons. The van der Waals surface area contributed by atoms with Crippen LogP contribution >= 0.6 is 23.2 Å². The maximum absolute atomic E-state index is 12.6. The number of amides is 1. The Morgan fingerprint density at radius 3 is 2.71 bits per heavy atom. The topological polar surface area (TPSA) is 104 Å². The van der Waals surface area contributed by atoms with Crippen LogP contribution in [0.1, 0.15) is 42.2 Å². The first-order valence-electron chi connectivity index (χ1n) is 8.92. The largest absolute Gasteiger partial charge is 0.426 e. The van der Waals surface area contributed by atoms with Crippen molar-refractivity contribution in [1.82, 2.24) is 15.3 Å². The van der Waals surface area contributed by atoms with Crippen molar-refractivity contribution >= 4 is 35.1 Å². The molecule has 2 aromatic heterocycles. The van der Waals surface area contributed by atoms with Crippen LogP contribution in [0.4, 0.5) is 6.01 Å². The highest BCUT2D eigenvalue weighted by atomic mass is 35.5. The van der Waals surface area contributed by atoms with Crippen molar-refractivity contribution in [2.24, 2.45) is 0 Å². The smallest absolute Gasteiger partial charge is 0.297 e. The first kappa shape index (κ1) is 21.0. The van der Waals surface area contributed by atoms with E-state index in [1.807, 2.05) is 4.90 Å². The quantitative estimate of drug-likeness (QED) is 0.673. The summed E-state index contributed by atoms with van der Waals surface area (Å²) in [5, 5.41) is 13.6. The molecule has 28 heavy (non-hydrogen) atoms. The third kappa shape index (κ3) is 4.15. The van der Waals surface area contributed by atoms with Gasteiger partial charge in [-0.15, -0.1) is 0 Å². The lowest BCUT2D eigenvalue weighted by atomic mass is 10.0. The number of hydrogen-bond acceptors (Lipinski definition) is 6. The molecule has 1 unspecified atom stereocenters. The van der Waals surface area contributed by atoms with Gasteiger partial charge < -0.3 is 29.5 Å². The van der Waals surface area contributed by atoms with E-state index in [1.165, 1.54) is 6.20 Å². The summed E-state index contributed by atoms with van der Waals surface area (Å²) in [5.41, 5.74) is -0.224. The number of methoxy groups -OCH3 is 1. The summed E-state index contributed by atoms with van der Waals surface area (Å²) in [6.07, 6.45) is 1.86. The minimum Gasteiger partial charge on any atom is -0.426 e. The lowest BCUT2D eigenvalue weighted by Gasteiger charge is -2.37. The maximum atomic E-state index is 12.6. The summed E-state index contributed by atoms with van der Waals surface area (Å²) in [5.74, 6) is 0.0569. The molecule has 0 spiro atoms.